The fourth-order valence-electron chi connectivity index (χ4n) is 10.6. The minimum atomic E-state index is -3.29. The Balaban J connectivity index is 1.18. The van der Waals surface area contributed by atoms with E-state index < -0.39 is 8.56 Å². The van der Waals surface area contributed by atoms with Crippen molar-refractivity contribution in [3.8, 4) is 0 Å². The molecule has 0 spiro atoms. The number of hydrogen-bond acceptors (Lipinski definition) is 2. The average molecular weight is 585 g/mol. The molecule has 3 fully saturated rings. The lowest BCUT2D eigenvalue weighted by atomic mass is 9.47. The van der Waals surface area contributed by atoms with Crippen LogP contribution < -0.4 is 10.4 Å². The van der Waals surface area contributed by atoms with E-state index in [1.165, 1.54) is 57.8 Å². The van der Waals surface area contributed by atoms with Gasteiger partial charge in [0.1, 0.15) is 0 Å². The van der Waals surface area contributed by atoms with E-state index in [9.17, 15) is 4.80 Å². The lowest BCUT2D eigenvalue weighted by Gasteiger charge is -2.58. The second-order valence-corrected chi connectivity index (χ2v) is 18.3. The maximum atomic E-state index is 12.2. The second kappa shape index (κ2) is 12.0. The topological polar surface area (TPSA) is 29.5 Å². The number of benzene rings is 2. The molecule has 228 valence electrons. The van der Waals surface area contributed by atoms with Gasteiger partial charge in [0.05, 0.1) is 6.10 Å². The molecule has 0 amide bonds. The Kier molecular flexibility index (Phi) is 8.68. The van der Waals surface area contributed by atoms with Gasteiger partial charge in [0.2, 0.25) is 0 Å². The zero-order valence-corrected chi connectivity index (χ0v) is 28.0. The summed E-state index contributed by atoms with van der Waals surface area (Å²) in [5.41, 5.74) is 2.47. The molecule has 0 aliphatic heterocycles. The number of fused-ring (bicyclic) bond motifs is 5. The molecule has 0 heterocycles. The minimum absolute atomic E-state index is 0.0781. The van der Waals surface area contributed by atoms with Crippen LogP contribution in [0.5, 0.6) is 0 Å². The first kappa shape index (κ1) is 30.3. The molecular formula is C39H56O2Si. The number of hydrogen-bond donors (Lipinski definition) is 1. The third-order valence-corrected chi connectivity index (χ3v) is 15.8. The summed E-state index contributed by atoms with van der Waals surface area (Å²) in [5, 5.41) is 1.89. The van der Waals surface area contributed by atoms with E-state index in [1.807, 2.05) is 36.4 Å². The fourth-order valence-corrected chi connectivity index (χ4v) is 13.2. The molecule has 2 aromatic carbocycles. The van der Waals surface area contributed by atoms with E-state index in [2.05, 4.69) is 65.0 Å². The molecule has 0 aromatic heterocycles. The van der Waals surface area contributed by atoms with Crippen LogP contribution >= 0.6 is 0 Å². The summed E-state index contributed by atoms with van der Waals surface area (Å²) in [6.07, 6.45) is 17.2. The second-order valence-electron chi connectivity index (χ2n) is 15.6. The molecule has 3 saturated carbocycles. The molecule has 4 aliphatic rings. The number of allylic oxidation sites excluding steroid dienone is 1. The van der Waals surface area contributed by atoms with Crippen LogP contribution in [0.1, 0.15) is 105 Å². The lowest BCUT2D eigenvalue weighted by molar-refractivity contribution is -0.0568. The van der Waals surface area contributed by atoms with Crippen LogP contribution in [0.3, 0.4) is 0 Å². The molecule has 6 rings (SSSR count). The Morgan fingerprint density at radius 2 is 1.50 bits per heavy atom. The van der Waals surface area contributed by atoms with Gasteiger partial charge in [0.25, 0.3) is 0 Å². The predicted octanol–water partition coefficient (Wildman–Crippen LogP) is 8.66. The van der Waals surface area contributed by atoms with Gasteiger partial charge in [-0.3, -0.25) is 0 Å². The van der Waals surface area contributed by atoms with Gasteiger partial charge in [-0.05, 0) is 108 Å². The molecule has 1 unspecified atom stereocenters. The van der Waals surface area contributed by atoms with Gasteiger partial charge in [-0.1, -0.05) is 126 Å². The van der Waals surface area contributed by atoms with E-state index in [1.54, 1.807) is 5.57 Å². The van der Waals surface area contributed by atoms with Crippen molar-refractivity contribution in [1.82, 2.24) is 0 Å². The van der Waals surface area contributed by atoms with Gasteiger partial charge < -0.3 is 9.22 Å². The SMILES string of the molecule is CC(C)CCC[C@@H](C)[C@H]1CC[C@H]2[C@@H]3CC=C4CC(O[Si](O)(c5ccccc5)c5ccccc5)CC[C@]4(C)[C@H]3CC[C@]12C. The van der Waals surface area contributed by atoms with Crippen LogP contribution in [-0.2, 0) is 4.43 Å². The van der Waals surface area contributed by atoms with Crippen molar-refractivity contribution in [3.05, 3.63) is 72.3 Å². The molecular weight excluding hydrogens is 529 g/mol. The lowest BCUT2D eigenvalue weighted by Crippen LogP contribution is -2.63. The molecule has 1 N–H and O–H groups in total. The molecule has 0 radical (unpaired) electrons. The zero-order chi connectivity index (χ0) is 29.5. The monoisotopic (exact) mass is 584 g/mol. The molecule has 4 aliphatic carbocycles. The maximum Gasteiger partial charge on any atom is 0.404 e. The quantitative estimate of drug-likeness (QED) is 0.236. The Morgan fingerprint density at radius 1 is 0.833 bits per heavy atom. The fraction of sp³-hybridized carbons (Fsp3) is 0.641. The van der Waals surface area contributed by atoms with Gasteiger partial charge in [-0.25, -0.2) is 0 Å². The molecule has 42 heavy (non-hydrogen) atoms. The van der Waals surface area contributed by atoms with Crippen LogP contribution in [0.4, 0.5) is 0 Å². The third-order valence-electron chi connectivity index (χ3n) is 12.9. The van der Waals surface area contributed by atoms with Gasteiger partial charge in [-0.2, -0.15) is 0 Å². The van der Waals surface area contributed by atoms with Gasteiger partial charge >= 0.3 is 8.56 Å². The highest BCUT2D eigenvalue weighted by Gasteiger charge is 2.59. The molecule has 3 heteroatoms. The molecule has 8 atom stereocenters. The summed E-state index contributed by atoms with van der Waals surface area (Å²) >= 11 is 0. The molecule has 0 saturated heterocycles. The average Bonchev–Trinajstić information content (AvgIpc) is 3.35. The van der Waals surface area contributed by atoms with E-state index in [-0.39, 0.29) is 6.10 Å². The Labute approximate surface area is 257 Å². The van der Waals surface area contributed by atoms with E-state index in [0.29, 0.717) is 10.8 Å². The van der Waals surface area contributed by atoms with Gasteiger partial charge in [-0.15, -0.1) is 0 Å². The summed E-state index contributed by atoms with van der Waals surface area (Å²) in [6, 6.07) is 20.4. The summed E-state index contributed by atoms with van der Waals surface area (Å²) in [7, 11) is -3.29. The van der Waals surface area contributed by atoms with Crippen molar-refractivity contribution >= 4 is 18.9 Å². The Bertz CT molecular complexity index is 1180. The summed E-state index contributed by atoms with van der Waals surface area (Å²) in [6.45, 7) is 12.6. The van der Waals surface area contributed by atoms with E-state index >= 15 is 0 Å². The van der Waals surface area contributed by atoms with Gasteiger partial charge in [0.15, 0.2) is 0 Å². The van der Waals surface area contributed by atoms with Crippen LogP contribution in [0.25, 0.3) is 0 Å². The number of rotatable bonds is 9. The minimum Gasteiger partial charge on any atom is -0.404 e. The van der Waals surface area contributed by atoms with Crippen LogP contribution in [0, 0.1) is 46.3 Å². The van der Waals surface area contributed by atoms with Crippen molar-refractivity contribution in [2.45, 2.75) is 111 Å². The van der Waals surface area contributed by atoms with Crippen molar-refractivity contribution in [2.24, 2.45) is 46.3 Å². The molecule has 2 nitrogen and oxygen atoms in total. The highest BCUT2D eigenvalue weighted by molar-refractivity contribution is 6.91. The molecule has 0 bridgehead atoms. The van der Waals surface area contributed by atoms with Crippen LogP contribution in [-0.4, -0.2) is 19.5 Å². The molecule has 2 aromatic rings. The first-order valence-electron chi connectivity index (χ1n) is 17.4. The summed E-state index contributed by atoms with van der Waals surface area (Å²) in [4.78, 5) is 12.2. The summed E-state index contributed by atoms with van der Waals surface area (Å²) in [5.74, 6) is 5.17. The predicted molar refractivity (Wildman–Crippen MR) is 178 cm³/mol. The highest BCUT2D eigenvalue weighted by Crippen LogP contribution is 2.67. The normalized spacial score (nSPS) is 35.2. The highest BCUT2D eigenvalue weighted by atomic mass is 28.4. The Hall–Kier alpha value is -1.68. The summed E-state index contributed by atoms with van der Waals surface area (Å²) < 4.78 is 6.91. The first-order chi connectivity index (χ1) is 20.1. The largest absolute Gasteiger partial charge is 0.404 e. The maximum absolute atomic E-state index is 12.2. The van der Waals surface area contributed by atoms with Crippen LogP contribution in [0.15, 0.2) is 72.3 Å². The smallest absolute Gasteiger partial charge is 0.404 e. The van der Waals surface area contributed by atoms with Crippen LogP contribution in [0.2, 0.25) is 0 Å². The van der Waals surface area contributed by atoms with E-state index in [4.69, 9.17) is 4.43 Å². The van der Waals surface area contributed by atoms with Crippen molar-refractivity contribution < 1.29 is 9.22 Å². The van der Waals surface area contributed by atoms with Crippen molar-refractivity contribution in [3.63, 3.8) is 0 Å². The van der Waals surface area contributed by atoms with Crippen molar-refractivity contribution in [2.75, 3.05) is 0 Å². The third kappa shape index (κ3) is 5.41. The standard InChI is InChI=1S/C39H56O2Si/c1-28(2)13-12-14-29(3)35-21-22-36-34-20-19-30-27-31(23-25-38(30,4)37(34)24-26-39(35,36)5)41-42(40,32-15-8-6-9-16-32)33-17-10-7-11-18-33/h6-11,15-19,28-29,31,34-37,40H,12-14,20-27H2,1-5H3/t29-,31?,34+,35-,36+,37+,38+,39-/m1/s1. The first-order valence-corrected chi connectivity index (χ1v) is 19.2. The Morgan fingerprint density at radius 3 is 2.14 bits per heavy atom. The van der Waals surface area contributed by atoms with E-state index in [0.717, 1.165) is 58.7 Å². The van der Waals surface area contributed by atoms with Gasteiger partial charge in [0, 0.05) is 0 Å². The zero-order valence-electron chi connectivity index (χ0n) is 27.0. The van der Waals surface area contributed by atoms with Crippen molar-refractivity contribution in [1.29, 1.82) is 0 Å².